The molecule has 3 aromatic rings. The van der Waals surface area contributed by atoms with Crippen molar-refractivity contribution in [2.45, 2.75) is 24.8 Å². The summed E-state index contributed by atoms with van der Waals surface area (Å²) in [6, 6.07) is 10.6. The van der Waals surface area contributed by atoms with Gasteiger partial charge in [0.15, 0.2) is 5.82 Å². The average molecular weight is 446 g/mol. The Morgan fingerprint density at radius 2 is 1.87 bits per heavy atom. The van der Waals surface area contributed by atoms with Crippen LogP contribution in [0.4, 0.5) is 5.95 Å². The quantitative estimate of drug-likeness (QED) is 0.484. The maximum Gasteiger partial charge on any atom is 0.258 e. The molecule has 0 atom stereocenters. The molecule has 1 heterocycles. The largest absolute Gasteiger partial charge is 0.497 e. The third-order valence-corrected chi connectivity index (χ3v) is 5.83. The van der Waals surface area contributed by atoms with Crippen molar-refractivity contribution in [2.75, 3.05) is 19.5 Å². The van der Waals surface area contributed by atoms with E-state index in [-0.39, 0.29) is 22.4 Å². The molecule has 0 radical (unpaired) electrons. The lowest BCUT2D eigenvalue weighted by Crippen LogP contribution is -2.30. The first-order valence-electron chi connectivity index (χ1n) is 9.32. The Labute approximate surface area is 180 Å². The van der Waals surface area contributed by atoms with Crippen LogP contribution < -0.4 is 19.5 Å². The number of benzene rings is 2. The summed E-state index contributed by atoms with van der Waals surface area (Å²) < 4.78 is 37.7. The molecule has 3 N–H and O–H groups in total. The van der Waals surface area contributed by atoms with Gasteiger partial charge >= 0.3 is 0 Å². The number of sulfonamides is 1. The van der Waals surface area contributed by atoms with Gasteiger partial charge in [0.25, 0.3) is 5.91 Å². The fraction of sp³-hybridized carbons (Fsp3) is 0.250. The zero-order chi connectivity index (χ0) is 22.6. The van der Waals surface area contributed by atoms with E-state index < -0.39 is 15.9 Å². The number of anilines is 1. The van der Waals surface area contributed by atoms with Crippen LogP contribution in [0.5, 0.6) is 11.5 Å². The van der Waals surface area contributed by atoms with Gasteiger partial charge in [0.2, 0.25) is 16.0 Å². The summed E-state index contributed by atoms with van der Waals surface area (Å²) in [4.78, 5) is 16.9. The van der Waals surface area contributed by atoms with E-state index in [2.05, 4.69) is 25.2 Å². The smallest absolute Gasteiger partial charge is 0.258 e. The highest BCUT2D eigenvalue weighted by atomic mass is 32.2. The second-order valence-electron chi connectivity index (χ2n) is 6.83. The molecular weight excluding hydrogens is 422 g/mol. The predicted octanol–water partition coefficient (Wildman–Crippen LogP) is 2.43. The van der Waals surface area contributed by atoms with Crippen molar-refractivity contribution in [2.24, 2.45) is 0 Å². The molecule has 11 heteroatoms. The van der Waals surface area contributed by atoms with Crippen LogP contribution in [0.25, 0.3) is 11.4 Å². The molecule has 0 bridgehead atoms. The zero-order valence-electron chi connectivity index (χ0n) is 17.5. The Hall–Kier alpha value is -3.44. The molecule has 1 amide bonds. The Morgan fingerprint density at radius 3 is 2.55 bits per heavy atom. The highest BCUT2D eigenvalue weighted by Gasteiger charge is 2.18. The van der Waals surface area contributed by atoms with Gasteiger partial charge in [0.1, 0.15) is 11.5 Å². The maximum atomic E-state index is 12.6. The monoisotopic (exact) mass is 445 g/mol. The first-order chi connectivity index (χ1) is 14.7. The van der Waals surface area contributed by atoms with Gasteiger partial charge in [-0.05, 0) is 44.2 Å². The number of hydrogen-bond acceptors (Lipinski definition) is 7. The highest BCUT2D eigenvalue weighted by molar-refractivity contribution is 7.89. The van der Waals surface area contributed by atoms with E-state index in [9.17, 15) is 13.2 Å². The first kappa shape index (κ1) is 22.2. The molecule has 0 saturated heterocycles. The topological polar surface area (TPSA) is 135 Å². The SMILES string of the molecule is COc1ccc(-c2nc(NC(=O)c3cccc(S(=O)(=O)NC(C)C)c3)n[nH]2)c(OC)c1. The summed E-state index contributed by atoms with van der Waals surface area (Å²) in [5, 5.41) is 9.30. The number of methoxy groups -OCH3 is 2. The number of H-pyrrole nitrogens is 1. The van der Waals surface area contributed by atoms with E-state index >= 15 is 0 Å². The van der Waals surface area contributed by atoms with Gasteiger partial charge < -0.3 is 9.47 Å². The van der Waals surface area contributed by atoms with Crippen LogP contribution in [0.3, 0.4) is 0 Å². The minimum Gasteiger partial charge on any atom is -0.497 e. The number of aromatic amines is 1. The minimum absolute atomic E-state index is 0.00695. The Bertz CT molecular complexity index is 1190. The van der Waals surface area contributed by atoms with Gasteiger partial charge in [0, 0.05) is 17.7 Å². The maximum absolute atomic E-state index is 12.6. The Morgan fingerprint density at radius 1 is 1.10 bits per heavy atom. The lowest BCUT2D eigenvalue weighted by atomic mass is 10.2. The average Bonchev–Trinajstić information content (AvgIpc) is 3.20. The summed E-state index contributed by atoms with van der Waals surface area (Å²) >= 11 is 0. The number of hydrogen-bond donors (Lipinski definition) is 3. The van der Waals surface area contributed by atoms with Crippen molar-refractivity contribution >= 4 is 21.9 Å². The summed E-state index contributed by atoms with van der Waals surface area (Å²) in [7, 11) is -0.654. The third-order valence-electron chi connectivity index (χ3n) is 4.17. The summed E-state index contributed by atoms with van der Waals surface area (Å²) in [5.41, 5.74) is 0.782. The van der Waals surface area contributed by atoms with Crippen LogP contribution >= 0.6 is 0 Å². The fourth-order valence-electron chi connectivity index (χ4n) is 2.79. The van der Waals surface area contributed by atoms with E-state index in [1.165, 1.54) is 31.4 Å². The van der Waals surface area contributed by atoms with E-state index in [0.29, 0.717) is 22.9 Å². The number of amides is 1. The van der Waals surface area contributed by atoms with Crippen LogP contribution in [-0.4, -0.2) is 49.8 Å². The molecule has 31 heavy (non-hydrogen) atoms. The van der Waals surface area contributed by atoms with Crippen LogP contribution in [0.1, 0.15) is 24.2 Å². The van der Waals surface area contributed by atoms with Gasteiger partial charge in [-0.15, -0.1) is 5.10 Å². The number of carbonyl (C=O) groups is 1. The summed E-state index contributed by atoms with van der Waals surface area (Å²) in [5.74, 6) is 1.01. The molecule has 10 nitrogen and oxygen atoms in total. The van der Waals surface area contributed by atoms with Crippen molar-refractivity contribution in [3.05, 3.63) is 48.0 Å². The normalized spacial score (nSPS) is 11.4. The van der Waals surface area contributed by atoms with Crippen LogP contribution in [0.15, 0.2) is 47.4 Å². The molecule has 0 aliphatic heterocycles. The van der Waals surface area contributed by atoms with E-state index in [4.69, 9.17) is 9.47 Å². The van der Waals surface area contributed by atoms with Gasteiger partial charge in [-0.2, -0.15) is 4.98 Å². The highest BCUT2D eigenvalue weighted by Crippen LogP contribution is 2.31. The molecule has 0 saturated carbocycles. The molecule has 0 spiro atoms. The van der Waals surface area contributed by atoms with Gasteiger partial charge in [0.05, 0.1) is 24.7 Å². The van der Waals surface area contributed by atoms with Crippen molar-refractivity contribution in [3.63, 3.8) is 0 Å². The first-order valence-corrected chi connectivity index (χ1v) is 10.8. The molecule has 3 rings (SSSR count). The van der Waals surface area contributed by atoms with E-state index in [1.54, 1.807) is 39.2 Å². The van der Waals surface area contributed by atoms with Crippen LogP contribution in [-0.2, 0) is 10.0 Å². The second kappa shape index (κ2) is 9.14. The lowest BCUT2D eigenvalue weighted by Gasteiger charge is -2.10. The third kappa shape index (κ3) is 5.19. The number of aromatic nitrogens is 3. The molecular formula is C20H23N5O5S. The molecule has 0 unspecified atom stereocenters. The number of nitrogens with zero attached hydrogens (tertiary/aromatic N) is 2. The van der Waals surface area contributed by atoms with Gasteiger partial charge in [-0.3, -0.25) is 15.2 Å². The number of rotatable bonds is 8. The van der Waals surface area contributed by atoms with Crippen LogP contribution in [0, 0.1) is 0 Å². The number of carbonyl (C=O) groups excluding carboxylic acids is 1. The zero-order valence-corrected chi connectivity index (χ0v) is 18.3. The Balaban J connectivity index is 1.80. The standard InChI is InChI=1S/C20H23N5O5S/c1-12(2)25-31(27,28)15-7-5-6-13(10-15)19(26)22-20-21-18(23-24-20)16-9-8-14(29-3)11-17(16)30-4/h5-12,25H,1-4H3,(H2,21,22,23,24,26). The number of ether oxygens (including phenoxy) is 2. The molecule has 2 aromatic carbocycles. The Kier molecular flexibility index (Phi) is 6.56. The van der Waals surface area contributed by atoms with Crippen molar-refractivity contribution in [3.8, 4) is 22.9 Å². The van der Waals surface area contributed by atoms with Crippen molar-refractivity contribution < 1.29 is 22.7 Å². The lowest BCUT2D eigenvalue weighted by molar-refractivity contribution is 0.102. The summed E-state index contributed by atoms with van der Waals surface area (Å²) in [6.07, 6.45) is 0. The molecule has 0 aliphatic rings. The van der Waals surface area contributed by atoms with E-state index in [1.807, 2.05) is 0 Å². The van der Waals surface area contributed by atoms with Gasteiger partial charge in [-0.25, -0.2) is 13.1 Å². The summed E-state index contributed by atoms with van der Waals surface area (Å²) in [6.45, 7) is 3.43. The van der Waals surface area contributed by atoms with Gasteiger partial charge in [-0.1, -0.05) is 6.07 Å². The minimum atomic E-state index is -3.73. The number of nitrogens with one attached hydrogen (secondary N) is 3. The molecule has 0 fully saturated rings. The molecule has 1 aromatic heterocycles. The molecule has 0 aliphatic carbocycles. The van der Waals surface area contributed by atoms with E-state index in [0.717, 1.165) is 0 Å². The van der Waals surface area contributed by atoms with Crippen LogP contribution in [0.2, 0.25) is 0 Å². The van der Waals surface area contributed by atoms with Crippen molar-refractivity contribution in [1.82, 2.24) is 19.9 Å². The molecule has 164 valence electrons. The second-order valence-corrected chi connectivity index (χ2v) is 8.55. The fourth-order valence-corrected chi connectivity index (χ4v) is 4.09. The van der Waals surface area contributed by atoms with Crippen molar-refractivity contribution in [1.29, 1.82) is 0 Å². The predicted molar refractivity (Wildman–Crippen MR) is 115 cm³/mol.